The first kappa shape index (κ1) is 20.9. The molecule has 154 valence electrons. The van der Waals surface area contributed by atoms with E-state index in [1.807, 2.05) is 12.1 Å². The lowest BCUT2D eigenvalue weighted by Gasteiger charge is -2.18. The normalized spacial score (nSPS) is 13.9. The lowest BCUT2D eigenvalue weighted by Crippen LogP contribution is -2.29. The van der Waals surface area contributed by atoms with E-state index < -0.39 is 0 Å². The number of likely N-dealkylation sites (tertiary alicyclic amines) is 1. The Morgan fingerprint density at radius 1 is 1.03 bits per heavy atom. The van der Waals surface area contributed by atoms with Crippen molar-refractivity contribution >= 4 is 11.7 Å². The lowest BCUT2D eigenvalue weighted by atomic mass is 10.1. The molecule has 6 nitrogen and oxygen atoms in total. The Morgan fingerprint density at radius 2 is 1.76 bits per heavy atom. The van der Waals surface area contributed by atoms with Gasteiger partial charge in [-0.25, -0.2) is 0 Å². The zero-order valence-electron chi connectivity index (χ0n) is 17.1. The highest BCUT2D eigenvalue weighted by Gasteiger charge is 2.14. The van der Waals surface area contributed by atoms with Crippen LogP contribution in [-0.2, 0) is 17.9 Å². The highest BCUT2D eigenvalue weighted by Crippen LogP contribution is 2.28. The summed E-state index contributed by atoms with van der Waals surface area (Å²) in [4.78, 5) is 26.2. The number of ketones is 1. The number of carbonyl (C=O) groups is 2. The van der Waals surface area contributed by atoms with E-state index >= 15 is 0 Å². The van der Waals surface area contributed by atoms with E-state index in [0.29, 0.717) is 23.6 Å². The van der Waals surface area contributed by atoms with Crippen molar-refractivity contribution in [3.8, 4) is 11.5 Å². The number of benzene rings is 2. The van der Waals surface area contributed by atoms with Gasteiger partial charge in [0.15, 0.2) is 23.9 Å². The fraction of sp³-hybridized carbons (Fsp3) is 0.391. The van der Waals surface area contributed by atoms with E-state index in [1.165, 1.54) is 32.4 Å². The molecular formula is C23H28N2O4. The molecule has 2 aromatic rings. The molecule has 0 atom stereocenters. The summed E-state index contributed by atoms with van der Waals surface area (Å²) in [7, 11) is 1.50. The molecule has 0 aliphatic carbocycles. The molecule has 1 aliphatic rings. The van der Waals surface area contributed by atoms with Crippen LogP contribution in [0.2, 0.25) is 0 Å². The van der Waals surface area contributed by atoms with Crippen LogP contribution in [0, 0.1) is 0 Å². The zero-order valence-corrected chi connectivity index (χ0v) is 17.1. The first-order valence-corrected chi connectivity index (χ1v) is 9.94. The number of hydrogen-bond donors (Lipinski definition) is 1. The minimum atomic E-state index is -0.210. The van der Waals surface area contributed by atoms with Gasteiger partial charge in [-0.15, -0.1) is 0 Å². The summed E-state index contributed by atoms with van der Waals surface area (Å²) in [5.41, 5.74) is 2.90. The van der Waals surface area contributed by atoms with Crippen molar-refractivity contribution in [2.75, 3.05) is 26.8 Å². The third kappa shape index (κ3) is 5.81. The van der Waals surface area contributed by atoms with Gasteiger partial charge >= 0.3 is 0 Å². The van der Waals surface area contributed by atoms with Gasteiger partial charge in [0.25, 0.3) is 5.91 Å². The van der Waals surface area contributed by atoms with Gasteiger partial charge in [-0.3, -0.25) is 14.5 Å². The summed E-state index contributed by atoms with van der Waals surface area (Å²) in [6, 6.07) is 13.1. The Labute approximate surface area is 171 Å². The van der Waals surface area contributed by atoms with Crippen molar-refractivity contribution in [1.29, 1.82) is 0 Å². The molecule has 1 heterocycles. The quantitative estimate of drug-likeness (QED) is 0.660. The summed E-state index contributed by atoms with van der Waals surface area (Å²) in [6.45, 7) is 5.03. The van der Waals surface area contributed by atoms with Crippen LogP contribution in [0.25, 0.3) is 0 Å². The van der Waals surface area contributed by atoms with Crippen LogP contribution in [0.3, 0.4) is 0 Å². The van der Waals surface area contributed by atoms with E-state index in [0.717, 1.165) is 25.2 Å². The Morgan fingerprint density at radius 3 is 2.45 bits per heavy atom. The second kappa shape index (κ2) is 10.1. The number of ether oxygens (including phenoxy) is 2. The van der Waals surface area contributed by atoms with Gasteiger partial charge in [0, 0.05) is 18.7 Å². The number of Topliss-reactive ketones (excluding diaryl/α,β-unsaturated/α-hetero) is 1. The molecule has 0 unspecified atom stereocenters. The van der Waals surface area contributed by atoms with Gasteiger partial charge < -0.3 is 14.8 Å². The number of amides is 1. The Hall–Kier alpha value is -2.86. The van der Waals surface area contributed by atoms with Crippen LogP contribution in [0.15, 0.2) is 42.5 Å². The third-order valence-corrected chi connectivity index (χ3v) is 5.12. The van der Waals surface area contributed by atoms with E-state index in [1.54, 1.807) is 18.2 Å². The number of nitrogens with zero attached hydrogens (tertiary/aromatic N) is 1. The highest BCUT2D eigenvalue weighted by atomic mass is 16.5. The molecule has 0 spiro atoms. The first-order chi connectivity index (χ1) is 14.1. The molecule has 3 rings (SSSR count). The van der Waals surface area contributed by atoms with Crippen molar-refractivity contribution in [2.45, 2.75) is 32.9 Å². The maximum atomic E-state index is 12.3. The molecule has 0 saturated carbocycles. The summed E-state index contributed by atoms with van der Waals surface area (Å²) < 4.78 is 10.9. The van der Waals surface area contributed by atoms with Gasteiger partial charge in [0.05, 0.1) is 7.11 Å². The van der Waals surface area contributed by atoms with Crippen molar-refractivity contribution < 1.29 is 19.1 Å². The van der Waals surface area contributed by atoms with Crippen LogP contribution in [0.5, 0.6) is 11.5 Å². The largest absolute Gasteiger partial charge is 0.493 e. The minimum absolute atomic E-state index is 0.0554. The predicted molar refractivity (Wildman–Crippen MR) is 111 cm³/mol. The average molecular weight is 396 g/mol. The number of hydrogen-bond acceptors (Lipinski definition) is 5. The SMILES string of the molecule is COc1cc(C(C)=O)ccc1OCC(=O)NCc1ccccc1CN1CCCC1. The van der Waals surface area contributed by atoms with Crippen LogP contribution in [0.4, 0.5) is 0 Å². The first-order valence-electron chi connectivity index (χ1n) is 9.94. The van der Waals surface area contributed by atoms with E-state index in [9.17, 15) is 9.59 Å². The predicted octanol–water partition coefficient (Wildman–Crippen LogP) is 3.19. The van der Waals surface area contributed by atoms with E-state index in [4.69, 9.17) is 9.47 Å². The zero-order chi connectivity index (χ0) is 20.6. The fourth-order valence-electron chi connectivity index (χ4n) is 3.46. The number of nitrogens with one attached hydrogen (secondary N) is 1. The van der Waals surface area contributed by atoms with Crippen LogP contribution >= 0.6 is 0 Å². The van der Waals surface area contributed by atoms with E-state index in [-0.39, 0.29) is 18.3 Å². The second-order valence-corrected chi connectivity index (χ2v) is 7.24. The fourth-order valence-corrected chi connectivity index (χ4v) is 3.46. The smallest absolute Gasteiger partial charge is 0.258 e. The molecule has 6 heteroatoms. The summed E-state index contributed by atoms with van der Waals surface area (Å²) >= 11 is 0. The molecule has 0 bridgehead atoms. The molecule has 2 aromatic carbocycles. The highest BCUT2D eigenvalue weighted by molar-refractivity contribution is 5.94. The van der Waals surface area contributed by atoms with Crippen molar-refractivity contribution in [3.63, 3.8) is 0 Å². The molecule has 1 aliphatic heterocycles. The molecular weight excluding hydrogens is 368 g/mol. The van der Waals surface area contributed by atoms with Crippen LogP contribution in [0.1, 0.15) is 41.3 Å². The number of rotatable bonds is 9. The maximum Gasteiger partial charge on any atom is 0.258 e. The topological polar surface area (TPSA) is 67.9 Å². The van der Waals surface area contributed by atoms with Crippen molar-refractivity contribution in [2.24, 2.45) is 0 Å². The van der Waals surface area contributed by atoms with Crippen LogP contribution in [-0.4, -0.2) is 43.4 Å². The second-order valence-electron chi connectivity index (χ2n) is 7.24. The molecule has 1 saturated heterocycles. The molecule has 29 heavy (non-hydrogen) atoms. The average Bonchev–Trinajstić information content (AvgIpc) is 3.24. The van der Waals surface area contributed by atoms with Gasteiger partial charge in [-0.05, 0) is 62.2 Å². The molecule has 1 fully saturated rings. The number of carbonyl (C=O) groups excluding carboxylic acids is 2. The monoisotopic (exact) mass is 396 g/mol. The summed E-state index contributed by atoms with van der Waals surface area (Å²) in [6.07, 6.45) is 2.51. The van der Waals surface area contributed by atoms with Gasteiger partial charge in [0.2, 0.25) is 0 Å². The Bertz CT molecular complexity index is 860. The van der Waals surface area contributed by atoms with Crippen LogP contribution < -0.4 is 14.8 Å². The summed E-state index contributed by atoms with van der Waals surface area (Å²) in [5.74, 6) is 0.599. The van der Waals surface area contributed by atoms with Crippen molar-refractivity contribution in [1.82, 2.24) is 10.2 Å². The third-order valence-electron chi connectivity index (χ3n) is 5.12. The van der Waals surface area contributed by atoms with Gasteiger partial charge in [-0.2, -0.15) is 0 Å². The van der Waals surface area contributed by atoms with E-state index in [2.05, 4.69) is 22.3 Å². The number of methoxy groups -OCH3 is 1. The van der Waals surface area contributed by atoms with Crippen molar-refractivity contribution in [3.05, 3.63) is 59.2 Å². The lowest BCUT2D eigenvalue weighted by molar-refractivity contribution is -0.123. The standard InChI is InChI=1S/C23H28N2O4/c1-17(26)18-9-10-21(22(13-18)28-2)29-16-23(27)24-14-19-7-3-4-8-20(19)15-25-11-5-6-12-25/h3-4,7-10,13H,5-6,11-12,14-16H2,1-2H3,(H,24,27). The van der Waals surface area contributed by atoms with Gasteiger partial charge in [-0.1, -0.05) is 24.3 Å². The Balaban J connectivity index is 1.54. The molecule has 0 radical (unpaired) electrons. The summed E-state index contributed by atoms with van der Waals surface area (Å²) in [5, 5.41) is 2.92. The molecule has 1 N–H and O–H groups in total. The Kier molecular flexibility index (Phi) is 7.25. The maximum absolute atomic E-state index is 12.3. The molecule has 1 amide bonds. The molecule has 0 aromatic heterocycles. The minimum Gasteiger partial charge on any atom is -0.493 e. The van der Waals surface area contributed by atoms with Gasteiger partial charge in [0.1, 0.15) is 0 Å².